The van der Waals surface area contributed by atoms with Crippen molar-refractivity contribution in [2.45, 2.75) is 25.8 Å². The van der Waals surface area contributed by atoms with Gasteiger partial charge in [0, 0.05) is 50.9 Å². The second-order valence-corrected chi connectivity index (χ2v) is 7.13. The smallest absolute Gasteiger partial charge is 0.227 e. The summed E-state index contributed by atoms with van der Waals surface area (Å²) in [6.07, 6.45) is 1.05. The zero-order valence-corrected chi connectivity index (χ0v) is 17.1. The highest BCUT2D eigenvalue weighted by atomic mass is 19.1. The molecule has 1 unspecified atom stereocenters. The molecule has 0 bridgehead atoms. The van der Waals surface area contributed by atoms with Gasteiger partial charge in [0.05, 0.1) is 5.69 Å². The number of amides is 1. The van der Waals surface area contributed by atoms with E-state index in [1.807, 2.05) is 24.0 Å². The maximum absolute atomic E-state index is 14.0. The quantitative estimate of drug-likeness (QED) is 0.498. The largest absolute Gasteiger partial charge is 0.367 e. The molecule has 0 aliphatic carbocycles. The first-order chi connectivity index (χ1) is 14.4. The Kier molecular flexibility index (Phi) is 7.16. The minimum Gasteiger partial charge on any atom is -0.367 e. The summed E-state index contributed by atoms with van der Waals surface area (Å²) in [4.78, 5) is 22.4. The number of carbonyl (C=O) groups is 1. The number of nitrogens with one attached hydrogen (secondary N) is 3. The molecule has 1 aliphatic rings. The second-order valence-electron chi connectivity index (χ2n) is 7.13. The molecule has 2 heterocycles. The zero-order valence-electron chi connectivity index (χ0n) is 17.1. The van der Waals surface area contributed by atoms with Gasteiger partial charge in [0.2, 0.25) is 5.91 Å². The van der Waals surface area contributed by atoms with Crippen molar-refractivity contribution in [2.24, 2.45) is 4.99 Å². The van der Waals surface area contributed by atoms with Crippen LogP contribution in [0.25, 0.3) is 0 Å². The zero-order chi connectivity index (χ0) is 21.5. The maximum Gasteiger partial charge on any atom is 0.227 e. The Hall–Kier alpha value is -3.23. The molecule has 3 N–H and O–H groups in total. The number of hydrogen-bond acceptors (Lipinski definition) is 4. The number of benzene rings is 1. The summed E-state index contributed by atoms with van der Waals surface area (Å²) in [7, 11) is 1.65. The van der Waals surface area contributed by atoms with Crippen LogP contribution in [-0.2, 0) is 4.79 Å². The van der Waals surface area contributed by atoms with Gasteiger partial charge >= 0.3 is 0 Å². The van der Waals surface area contributed by atoms with Gasteiger partial charge in [-0.3, -0.25) is 9.79 Å². The summed E-state index contributed by atoms with van der Waals surface area (Å²) in [5, 5.41) is 9.16. The Bertz CT molecular complexity index is 920. The van der Waals surface area contributed by atoms with Crippen LogP contribution in [0, 0.1) is 18.6 Å². The normalized spacial score (nSPS) is 16.5. The third-order valence-electron chi connectivity index (χ3n) is 4.80. The number of aryl methyl sites for hydroxylation is 1. The molecular formula is C21H26F2N6O. The van der Waals surface area contributed by atoms with E-state index in [2.05, 4.69) is 25.9 Å². The number of halogens is 2. The second kappa shape index (κ2) is 10.00. The van der Waals surface area contributed by atoms with Gasteiger partial charge in [-0.2, -0.15) is 0 Å². The van der Waals surface area contributed by atoms with Crippen LogP contribution in [-0.4, -0.2) is 49.6 Å². The monoisotopic (exact) mass is 416 g/mol. The Morgan fingerprint density at radius 2 is 2.13 bits per heavy atom. The average Bonchev–Trinajstić information content (AvgIpc) is 3.15. The van der Waals surface area contributed by atoms with E-state index in [1.54, 1.807) is 13.1 Å². The third kappa shape index (κ3) is 5.88. The van der Waals surface area contributed by atoms with Crippen molar-refractivity contribution in [3.63, 3.8) is 0 Å². The number of guanidine groups is 1. The SMILES string of the molecule is CN=C(NCCC(=O)Nc1cccc(C)n1)NC1CCN(c2ccc(F)cc2F)C1. The van der Waals surface area contributed by atoms with Gasteiger partial charge in [0.15, 0.2) is 5.96 Å². The average molecular weight is 416 g/mol. The van der Waals surface area contributed by atoms with Crippen LogP contribution in [0.3, 0.4) is 0 Å². The van der Waals surface area contributed by atoms with Crippen LogP contribution in [0.15, 0.2) is 41.4 Å². The molecule has 3 rings (SSSR count). The van der Waals surface area contributed by atoms with Crippen LogP contribution < -0.4 is 20.9 Å². The van der Waals surface area contributed by atoms with Crippen molar-refractivity contribution < 1.29 is 13.6 Å². The molecule has 1 amide bonds. The predicted molar refractivity (Wildman–Crippen MR) is 114 cm³/mol. The molecule has 1 aliphatic heterocycles. The summed E-state index contributed by atoms with van der Waals surface area (Å²) in [5.41, 5.74) is 1.23. The van der Waals surface area contributed by atoms with Crippen LogP contribution >= 0.6 is 0 Å². The Labute approximate surface area is 174 Å². The van der Waals surface area contributed by atoms with Gasteiger partial charge in [0.1, 0.15) is 17.5 Å². The molecule has 2 aromatic rings. The highest BCUT2D eigenvalue weighted by Crippen LogP contribution is 2.24. The first-order valence-corrected chi connectivity index (χ1v) is 9.85. The predicted octanol–water partition coefficient (Wildman–Crippen LogP) is 2.44. The standard InChI is InChI=1S/C21H26F2N6O/c1-14-4-3-5-19(26-14)28-20(30)8-10-25-21(24-2)27-16-9-11-29(13-16)18-7-6-15(22)12-17(18)23/h3-7,12,16H,8-11,13H2,1-2H3,(H2,24,25,27)(H,26,28,30). The Morgan fingerprint density at radius 1 is 1.30 bits per heavy atom. The lowest BCUT2D eigenvalue weighted by molar-refractivity contribution is -0.116. The van der Waals surface area contributed by atoms with Gasteiger partial charge in [-0.25, -0.2) is 13.8 Å². The summed E-state index contributed by atoms with van der Waals surface area (Å²) < 4.78 is 27.1. The number of anilines is 2. The van der Waals surface area contributed by atoms with Crippen LogP contribution in [0.1, 0.15) is 18.5 Å². The van der Waals surface area contributed by atoms with E-state index in [9.17, 15) is 13.6 Å². The molecule has 1 aromatic heterocycles. The van der Waals surface area contributed by atoms with E-state index in [0.717, 1.165) is 18.2 Å². The van der Waals surface area contributed by atoms with Crippen molar-refractivity contribution in [2.75, 3.05) is 36.9 Å². The number of aromatic nitrogens is 1. The van der Waals surface area contributed by atoms with E-state index >= 15 is 0 Å². The highest BCUT2D eigenvalue weighted by Gasteiger charge is 2.25. The first kappa shape index (κ1) is 21.5. The number of pyridine rings is 1. The van der Waals surface area contributed by atoms with Crippen molar-refractivity contribution >= 4 is 23.4 Å². The Morgan fingerprint density at radius 3 is 2.87 bits per heavy atom. The maximum atomic E-state index is 14.0. The van der Waals surface area contributed by atoms with Crippen molar-refractivity contribution in [3.8, 4) is 0 Å². The van der Waals surface area contributed by atoms with Gasteiger partial charge in [-0.15, -0.1) is 0 Å². The molecule has 30 heavy (non-hydrogen) atoms. The molecule has 0 spiro atoms. The minimum atomic E-state index is -0.586. The fraction of sp³-hybridized carbons (Fsp3) is 0.381. The molecule has 1 saturated heterocycles. The number of rotatable bonds is 6. The van der Waals surface area contributed by atoms with Gasteiger partial charge in [0.25, 0.3) is 0 Å². The molecular weight excluding hydrogens is 390 g/mol. The molecule has 7 nitrogen and oxygen atoms in total. The van der Waals surface area contributed by atoms with Crippen LogP contribution in [0.5, 0.6) is 0 Å². The number of carbonyl (C=O) groups excluding carboxylic acids is 1. The van der Waals surface area contributed by atoms with Crippen molar-refractivity contribution in [3.05, 3.63) is 53.7 Å². The molecule has 160 valence electrons. The highest BCUT2D eigenvalue weighted by molar-refractivity contribution is 5.90. The van der Waals surface area contributed by atoms with Gasteiger partial charge in [-0.05, 0) is 37.6 Å². The number of hydrogen-bond donors (Lipinski definition) is 3. The fourth-order valence-corrected chi connectivity index (χ4v) is 3.34. The minimum absolute atomic E-state index is 0.0611. The van der Waals surface area contributed by atoms with Crippen LogP contribution in [0.4, 0.5) is 20.3 Å². The topological polar surface area (TPSA) is 81.6 Å². The molecule has 1 aromatic carbocycles. The summed E-state index contributed by atoms with van der Waals surface area (Å²) >= 11 is 0. The van der Waals surface area contributed by atoms with Crippen molar-refractivity contribution in [1.82, 2.24) is 15.6 Å². The van der Waals surface area contributed by atoms with Crippen LogP contribution in [0.2, 0.25) is 0 Å². The lowest BCUT2D eigenvalue weighted by atomic mass is 10.2. The molecule has 0 radical (unpaired) electrons. The van der Waals surface area contributed by atoms with E-state index in [0.29, 0.717) is 37.1 Å². The fourth-order valence-electron chi connectivity index (χ4n) is 3.34. The summed E-state index contributed by atoms with van der Waals surface area (Å²) in [5.74, 6) is -0.191. The molecule has 1 atom stereocenters. The first-order valence-electron chi connectivity index (χ1n) is 9.85. The summed E-state index contributed by atoms with van der Waals surface area (Å²) in [6, 6.07) is 9.12. The van der Waals surface area contributed by atoms with Gasteiger partial charge in [-0.1, -0.05) is 6.07 Å². The Balaban J connectivity index is 1.43. The number of aliphatic imine (C=N–C) groups is 1. The van der Waals surface area contributed by atoms with Gasteiger partial charge < -0.3 is 20.9 Å². The molecule has 1 fully saturated rings. The molecule has 9 heteroatoms. The lowest BCUT2D eigenvalue weighted by Crippen LogP contribution is -2.45. The molecule has 0 saturated carbocycles. The van der Waals surface area contributed by atoms with Crippen molar-refractivity contribution in [1.29, 1.82) is 0 Å². The van der Waals surface area contributed by atoms with E-state index in [-0.39, 0.29) is 18.4 Å². The number of nitrogens with zero attached hydrogens (tertiary/aromatic N) is 3. The van der Waals surface area contributed by atoms with E-state index in [1.165, 1.54) is 12.1 Å². The van der Waals surface area contributed by atoms with E-state index in [4.69, 9.17) is 0 Å². The lowest BCUT2D eigenvalue weighted by Gasteiger charge is -2.21. The van der Waals surface area contributed by atoms with E-state index < -0.39 is 11.6 Å². The summed E-state index contributed by atoms with van der Waals surface area (Å²) in [6.45, 7) is 3.49. The third-order valence-corrected chi connectivity index (χ3v) is 4.80.